The molecule has 3 nitrogen and oxygen atoms in total. The molecule has 116 valence electrons. The second-order valence-corrected chi connectivity index (χ2v) is 6.67. The summed E-state index contributed by atoms with van der Waals surface area (Å²) in [5.74, 6) is 0.859. The van der Waals surface area contributed by atoms with Crippen molar-refractivity contribution in [1.82, 2.24) is 4.90 Å². The van der Waals surface area contributed by atoms with E-state index in [0.29, 0.717) is 0 Å². The molecule has 1 atom stereocenters. The van der Waals surface area contributed by atoms with Crippen molar-refractivity contribution in [3.63, 3.8) is 0 Å². The Morgan fingerprint density at radius 1 is 1.10 bits per heavy atom. The van der Waals surface area contributed by atoms with E-state index in [1.807, 2.05) is 13.0 Å². The summed E-state index contributed by atoms with van der Waals surface area (Å²) in [5, 5.41) is 9.94. The summed E-state index contributed by atoms with van der Waals surface area (Å²) in [6.07, 6.45) is 4.96. The lowest BCUT2D eigenvalue weighted by atomic mass is 9.95. The van der Waals surface area contributed by atoms with Crippen molar-refractivity contribution in [3.8, 4) is 0 Å². The monoisotopic (exact) mass is 288 g/mol. The molecule has 21 heavy (non-hydrogen) atoms. The Balaban J connectivity index is 1.58. The van der Waals surface area contributed by atoms with E-state index in [9.17, 15) is 5.11 Å². The van der Waals surface area contributed by atoms with Crippen molar-refractivity contribution in [3.05, 3.63) is 29.8 Å². The smallest absolute Gasteiger partial charge is 0.0781 e. The van der Waals surface area contributed by atoms with Crippen molar-refractivity contribution < 1.29 is 5.11 Å². The molecule has 2 heterocycles. The molecule has 3 heteroatoms. The molecule has 0 aliphatic carbocycles. The zero-order valence-corrected chi connectivity index (χ0v) is 13.2. The summed E-state index contributed by atoms with van der Waals surface area (Å²) in [5.41, 5.74) is 2.29. The lowest BCUT2D eigenvalue weighted by Crippen LogP contribution is -2.38. The van der Waals surface area contributed by atoms with Gasteiger partial charge in [0.1, 0.15) is 0 Å². The van der Waals surface area contributed by atoms with E-state index in [1.165, 1.54) is 51.0 Å². The predicted octanol–water partition coefficient (Wildman–Crippen LogP) is 3.05. The molecule has 2 aliphatic heterocycles. The van der Waals surface area contributed by atoms with E-state index in [-0.39, 0.29) is 6.10 Å². The highest BCUT2D eigenvalue weighted by Crippen LogP contribution is 2.30. The van der Waals surface area contributed by atoms with E-state index in [2.05, 4.69) is 28.0 Å². The predicted molar refractivity (Wildman–Crippen MR) is 87.7 cm³/mol. The van der Waals surface area contributed by atoms with E-state index < -0.39 is 0 Å². The molecule has 0 bridgehead atoms. The summed E-state index contributed by atoms with van der Waals surface area (Å²) >= 11 is 0. The molecule has 3 rings (SSSR count). The molecule has 0 radical (unpaired) electrons. The van der Waals surface area contributed by atoms with Gasteiger partial charge in [-0.05, 0) is 57.7 Å². The van der Waals surface area contributed by atoms with Gasteiger partial charge in [-0.3, -0.25) is 0 Å². The highest BCUT2D eigenvalue weighted by molar-refractivity contribution is 5.54. The van der Waals surface area contributed by atoms with Gasteiger partial charge in [0, 0.05) is 30.9 Å². The van der Waals surface area contributed by atoms with E-state index in [4.69, 9.17) is 0 Å². The van der Waals surface area contributed by atoms with Gasteiger partial charge in [-0.15, -0.1) is 0 Å². The fourth-order valence-electron chi connectivity index (χ4n) is 3.82. The molecule has 0 saturated carbocycles. The lowest BCUT2D eigenvalue weighted by molar-refractivity contribution is 0.199. The number of piperidine rings is 1. The van der Waals surface area contributed by atoms with Crippen LogP contribution in [0, 0.1) is 5.92 Å². The van der Waals surface area contributed by atoms with E-state index >= 15 is 0 Å². The summed E-state index contributed by atoms with van der Waals surface area (Å²) in [4.78, 5) is 5.10. The molecule has 1 aromatic carbocycles. The van der Waals surface area contributed by atoms with Crippen LogP contribution in [-0.2, 0) is 0 Å². The standard InChI is InChI=1S/C18H28N2O/c1-15(21)17-6-2-3-7-18(17)20-12-8-16(9-13-20)14-19-10-4-5-11-19/h2-3,6-7,15-16,21H,4-5,8-14H2,1H3. The Morgan fingerprint density at radius 3 is 2.43 bits per heavy atom. The van der Waals surface area contributed by atoms with Crippen molar-refractivity contribution in [2.45, 2.75) is 38.7 Å². The van der Waals surface area contributed by atoms with Crippen molar-refractivity contribution in [2.75, 3.05) is 37.6 Å². The average molecular weight is 288 g/mol. The quantitative estimate of drug-likeness (QED) is 0.922. The summed E-state index contributed by atoms with van der Waals surface area (Å²) in [6.45, 7) is 8.03. The normalized spacial score (nSPS) is 22.7. The summed E-state index contributed by atoms with van der Waals surface area (Å²) < 4.78 is 0. The fraction of sp³-hybridized carbons (Fsp3) is 0.667. The Labute approximate surface area is 128 Å². The second kappa shape index (κ2) is 6.80. The molecule has 1 N–H and O–H groups in total. The highest BCUT2D eigenvalue weighted by atomic mass is 16.3. The minimum atomic E-state index is -0.386. The van der Waals surface area contributed by atoms with Crippen LogP contribution in [0.2, 0.25) is 0 Å². The van der Waals surface area contributed by atoms with Crippen LogP contribution < -0.4 is 4.90 Å². The fourth-order valence-corrected chi connectivity index (χ4v) is 3.82. The van der Waals surface area contributed by atoms with Gasteiger partial charge in [-0.1, -0.05) is 18.2 Å². The minimum Gasteiger partial charge on any atom is -0.389 e. The lowest BCUT2D eigenvalue weighted by Gasteiger charge is -2.36. The molecule has 1 unspecified atom stereocenters. The Bertz CT molecular complexity index is 446. The molecule has 1 aromatic rings. The Hall–Kier alpha value is -1.06. The largest absolute Gasteiger partial charge is 0.389 e. The van der Waals surface area contributed by atoms with Crippen LogP contribution in [0.25, 0.3) is 0 Å². The number of anilines is 1. The maximum absolute atomic E-state index is 9.94. The Morgan fingerprint density at radius 2 is 1.76 bits per heavy atom. The number of rotatable bonds is 4. The number of nitrogens with zero attached hydrogens (tertiary/aromatic N) is 2. The van der Waals surface area contributed by atoms with Gasteiger partial charge in [0.2, 0.25) is 0 Å². The number of likely N-dealkylation sites (tertiary alicyclic amines) is 1. The van der Waals surface area contributed by atoms with Gasteiger partial charge in [0.15, 0.2) is 0 Å². The van der Waals surface area contributed by atoms with Gasteiger partial charge in [0.05, 0.1) is 6.10 Å². The van der Waals surface area contributed by atoms with Crippen molar-refractivity contribution in [2.24, 2.45) is 5.92 Å². The molecular weight excluding hydrogens is 260 g/mol. The maximum atomic E-state index is 9.94. The molecule has 2 aliphatic rings. The van der Waals surface area contributed by atoms with Gasteiger partial charge >= 0.3 is 0 Å². The highest BCUT2D eigenvalue weighted by Gasteiger charge is 2.24. The van der Waals surface area contributed by atoms with Gasteiger partial charge < -0.3 is 14.9 Å². The first kappa shape index (κ1) is 14.9. The summed E-state index contributed by atoms with van der Waals surface area (Å²) in [6, 6.07) is 8.31. The third kappa shape index (κ3) is 3.58. The first-order valence-corrected chi connectivity index (χ1v) is 8.48. The summed E-state index contributed by atoms with van der Waals surface area (Å²) in [7, 11) is 0. The maximum Gasteiger partial charge on any atom is 0.0781 e. The van der Waals surface area contributed by atoms with Gasteiger partial charge in [-0.25, -0.2) is 0 Å². The Kier molecular flexibility index (Phi) is 4.81. The van der Waals surface area contributed by atoms with Gasteiger partial charge in [0.25, 0.3) is 0 Å². The number of para-hydroxylation sites is 1. The van der Waals surface area contributed by atoms with Crippen molar-refractivity contribution >= 4 is 5.69 Å². The molecule has 0 aromatic heterocycles. The number of hydrogen-bond acceptors (Lipinski definition) is 3. The van der Waals surface area contributed by atoms with Crippen LogP contribution in [0.3, 0.4) is 0 Å². The average Bonchev–Trinajstić information content (AvgIpc) is 3.01. The number of aliphatic hydroxyl groups excluding tert-OH is 1. The molecule has 2 fully saturated rings. The molecule has 0 amide bonds. The van der Waals surface area contributed by atoms with E-state index in [0.717, 1.165) is 24.6 Å². The van der Waals surface area contributed by atoms with Crippen LogP contribution in [0.4, 0.5) is 5.69 Å². The number of benzene rings is 1. The van der Waals surface area contributed by atoms with Crippen LogP contribution in [0.1, 0.15) is 44.3 Å². The van der Waals surface area contributed by atoms with E-state index in [1.54, 1.807) is 0 Å². The number of hydrogen-bond donors (Lipinski definition) is 1. The van der Waals surface area contributed by atoms with Crippen LogP contribution in [-0.4, -0.2) is 42.7 Å². The number of aliphatic hydroxyl groups is 1. The second-order valence-electron chi connectivity index (χ2n) is 6.67. The molecule has 2 saturated heterocycles. The first-order valence-electron chi connectivity index (χ1n) is 8.48. The molecule has 0 spiro atoms. The van der Waals surface area contributed by atoms with Crippen molar-refractivity contribution in [1.29, 1.82) is 0 Å². The third-order valence-corrected chi connectivity index (χ3v) is 5.06. The third-order valence-electron chi connectivity index (χ3n) is 5.06. The zero-order valence-electron chi connectivity index (χ0n) is 13.2. The molecular formula is C18H28N2O. The first-order chi connectivity index (χ1) is 10.2. The topological polar surface area (TPSA) is 26.7 Å². The SMILES string of the molecule is CC(O)c1ccccc1N1CCC(CN2CCCC2)CC1. The van der Waals surface area contributed by atoms with Crippen LogP contribution in [0.15, 0.2) is 24.3 Å². The van der Waals surface area contributed by atoms with Crippen LogP contribution in [0.5, 0.6) is 0 Å². The van der Waals surface area contributed by atoms with Crippen LogP contribution >= 0.6 is 0 Å². The minimum absolute atomic E-state index is 0.386. The zero-order chi connectivity index (χ0) is 14.7. The van der Waals surface area contributed by atoms with Gasteiger partial charge in [-0.2, -0.15) is 0 Å².